The van der Waals surface area contributed by atoms with Gasteiger partial charge in [0.1, 0.15) is 5.75 Å². The maximum atomic E-state index is 14.9. The summed E-state index contributed by atoms with van der Waals surface area (Å²) in [7, 11) is -0.602. The van der Waals surface area contributed by atoms with Crippen LogP contribution in [0, 0.1) is 5.92 Å². The number of benzene rings is 3. The average molecular weight is 599 g/mol. The van der Waals surface area contributed by atoms with Gasteiger partial charge in [0.15, 0.2) is 5.60 Å². The number of methoxy groups -OCH3 is 1. The van der Waals surface area contributed by atoms with Gasteiger partial charge in [-0.25, -0.2) is 0 Å². The number of rotatable bonds is 8. The van der Waals surface area contributed by atoms with Gasteiger partial charge in [-0.2, -0.15) is 0 Å². The Balaban J connectivity index is 1.48. The lowest BCUT2D eigenvalue weighted by Crippen LogP contribution is -2.51. The monoisotopic (exact) mass is 598 g/mol. The van der Waals surface area contributed by atoms with Crippen LogP contribution >= 0.6 is 0 Å². The lowest BCUT2D eigenvalue weighted by atomic mass is 9.82. The highest BCUT2D eigenvalue weighted by atomic mass is 28.3. The summed E-state index contributed by atoms with van der Waals surface area (Å²) >= 11 is 0. The molecule has 0 aromatic heterocycles. The van der Waals surface area contributed by atoms with Crippen LogP contribution in [0.4, 0.5) is 11.4 Å². The van der Waals surface area contributed by atoms with E-state index in [-0.39, 0.29) is 36.0 Å². The van der Waals surface area contributed by atoms with Gasteiger partial charge in [0.25, 0.3) is 5.91 Å². The number of anilines is 2. The van der Waals surface area contributed by atoms with Crippen molar-refractivity contribution in [2.45, 2.75) is 69.5 Å². The first-order valence-electron chi connectivity index (χ1n) is 15.5. The third-order valence-electron chi connectivity index (χ3n) is 10.1. The van der Waals surface area contributed by atoms with Crippen LogP contribution in [0.5, 0.6) is 5.75 Å². The Kier molecular flexibility index (Phi) is 7.96. The molecule has 1 spiro atoms. The number of ether oxygens (including phenoxy) is 2. The van der Waals surface area contributed by atoms with E-state index in [0.717, 1.165) is 41.1 Å². The molecule has 0 bridgehead atoms. The van der Waals surface area contributed by atoms with Crippen molar-refractivity contribution in [2.24, 2.45) is 5.92 Å². The van der Waals surface area contributed by atoms with Crippen molar-refractivity contribution in [1.29, 1.82) is 0 Å². The molecular formula is C35H42N2O5Si. The van der Waals surface area contributed by atoms with Crippen LogP contribution in [0.25, 0.3) is 0 Å². The Bertz CT molecular complexity index is 1490. The first-order chi connectivity index (χ1) is 20.7. The summed E-state index contributed by atoms with van der Waals surface area (Å²) in [5, 5.41) is 11.5. The zero-order valence-corrected chi connectivity index (χ0v) is 26.6. The third kappa shape index (κ3) is 4.89. The Morgan fingerprint density at radius 1 is 1.02 bits per heavy atom. The summed E-state index contributed by atoms with van der Waals surface area (Å²) in [6.07, 6.45) is 2.56. The quantitative estimate of drug-likeness (QED) is 0.354. The fraction of sp³-hybridized carbons (Fsp3) is 0.429. The van der Waals surface area contributed by atoms with Crippen LogP contribution in [0.2, 0.25) is 18.6 Å². The molecule has 2 fully saturated rings. The summed E-state index contributed by atoms with van der Waals surface area (Å²) in [6.45, 7) is 7.93. The van der Waals surface area contributed by atoms with E-state index in [0.29, 0.717) is 25.9 Å². The number of amides is 2. The largest absolute Gasteiger partial charge is 0.497 e. The van der Waals surface area contributed by atoms with Gasteiger partial charge in [-0.3, -0.25) is 9.59 Å². The summed E-state index contributed by atoms with van der Waals surface area (Å²) in [5.74, 6) is 0.706. The van der Waals surface area contributed by atoms with Gasteiger partial charge in [-0.15, -0.1) is 0 Å². The van der Waals surface area contributed by atoms with E-state index in [2.05, 4.69) is 32.2 Å². The molecule has 2 saturated heterocycles. The average Bonchev–Trinajstić information content (AvgIpc) is 3.44. The molecule has 8 heteroatoms. The van der Waals surface area contributed by atoms with Crippen LogP contribution in [-0.2, 0) is 26.5 Å². The van der Waals surface area contributed by atoms with Gasteiger partial charge in [-0.05, 0) is 60.7 Å². The van der Waals surface area contributed by atoms with Gasteiger partial charge in [-0.1, -0.05) is 67.7 Å². The van der Waals surface area contributed by atoms with E-state index in [1.165, 1.54) is 5.19 Å². The minimum atomic E-state index is -2.27. The van der Waals surface area contributed by atoms with Crippen molar-refractivity contribution in [3.8, 4) is 5.75 Å². The molecular weight excluding hydrogens is 556 g/mol. The molecule has 3 aliphatic heterocycles. The van der Waals surface area contributed by atoms with Crippen molar-refractivity contribution in [2.75, 3.05) is 30.1 Å². The van der Waals surface area contributed by atoms with Gasteiger partial charge >= 0.3 is 0 Å². The molecule has 3 heterocycles. The second-order valence-corrected chi connectivity index (χ2v) is 17.4. The molecule has 2 amide bonds. The lowest BCUT2D eigenvalue weighted by Gasteiger charge is -2.37. The molecule has 43 heavy (non-hydrogen) atoms. The highest BCUT2D eigenvalue weighted by molar-refractivity contribution is 6.91. The molecule has 3 aliphatic rings. The Morgan fingerprint density at radius 2 is 1.77 bits per heavy atom. The van der Waals surface area contributed by atoms with Crippen molar-refractivity contribution in [1.82, 2.24) is 0 Å². The molecule has 0 aliphatic carbocycles. The molecule has 3 aromatic carbocycles. The zero-order chi connectivity index (χ0) is 30.4. The summed E-state index contributed by atoms with van der Waals surface area (Å²) in [4.78, 5) is 31.5. The van der Waals surface area contributed by atoms with E-state index in [1.54, 1.807) is 7.11 Å². The van der Waals surface area contributed by atoms with Gasteiger partial charge in [0.05, 0.1) is 33.5 Å². The molecule has 3 aromatic rings. The van der Waals surface area contributed by atoms with Gasteiger partial charge in [0, 0.05) is 36.7 Å². The number of aliphatic hydroxyl groups is 1. The fourth-order valence-electron chi connectivity index (χ4n) is 7.87. The zero-order valence-electron chi connectivity index (χ0n) is 25.6. The molecule has 0 saturated carbocycles. The molecule has 4 atom stereocenters. The highest BCUT2D eigenvalue weighted by Gasteiger charge is 2.66. The number of hydrogen-bond acceptors (Lipinski definition) is 5. The predicted molar refractivity (Wildman–Crippen MR) is 172 cm³/mol. The smallest absolute Gasteiger partial charge is 0.264 e. The number of aliphatic hydroxyl groups excluding tert-OH is 1. The Labute approximate surface area is 255 Å². The van der Waals surface area contributed by atoms with E-state index in [1.807, 2.05) is 70.5 Å². The number of fused-ring (bicyclic) bond motifs is 2. The van der Waals surface area contributed by atoms with Crippen LogP contribution in [0.1, 0.15) is 43.7 Å². The van der Waals surface area contributed by atoms with E-state index in [9.17, 15) is 14.7 Å². The minimum absolute atomic E-state index is 0.0197. The fourth-order valence-corrected chi connectivity index (χ4v) is 11.9. The summed E-state index contributed by atoms with van der Waals surface area (Å²) in [6, 6.07) is 24.3. The minimum Gasteiger partial charge on any atom is -0.497 e. The molecule has 1 N–H and O–H groups in total. The predicted octanol–water partition coefficient (Wildman–Crippen LogP) is 5.36. The maximum absolute atomic E-state index is 14.9. The second-order valence-electron chi connectivity index (χ2n) is 12.7. The normalized spacial score (nSPS) is 25.5. The van der Waals surface area contributed by atoms with Crippen LogP contribution in [0.3, 0.4) is 0 Å². The van der Waals surface area contributed by atoms with Gasteiger partial charge in [0.2, 0.25) is 5.91 Å². The second kappa shape index (κ2) is 11.6. The topological polar surface area (TPSA) is 79.3 Å². The standard InChI is InChI=1S/C35H42N2O5Si/c1-24-33(43(3,4)28-16-14-27(41-2)15-17-28)31(19-21-38)42-35(24)29-22-26(36-20-9-8-12-32(36)39)13-18-30(29)37(34(35)40)23-25-10-6-5-7-11-25/h5-7,10-11,13-18,22,24,31,33,38H,8-9,12,19-21,23H2,1-4H3/t24-,31+,33-,35+/m1/s1. The lowest BCUT2D eigenvalue weighted by molar-refractivity contribution is -0.146. The van der Waals surface area contributed by atoms with Crippen LogP contribution in [-0.4, -0.2) is 51.4 Å². The highest BCUT2D eigenvalue weighted by Crippen LogP contribution is 2.60. The van der Waals surface area contributed by atoms with E-state index >= 15 is 0 Å². The SMILES string of the molecule is COc1ccc([Si](C)(C)[C@H]2[C@H](CCO)O[C@@]3(C(=O)N(Cc4ccccc4)c4ccc(N5CCCCC5=O)cc43)[C@@H]2C)cc1. The maximum Gasteiger partial charge on any atom is 0.264 e. The van der Waals surface area contributed by atoms with Crippen molar-refractivity contribution in [3.05, 3.63) is 83.9 Å². The first-order valence-corrected chi connectivity index (χ1v) is 18.5. The first kappa shape index (κ1) is 29.6. The molecule has 0 unspecified atom stereocenters. The van der Waals surface area contributed by atoms with Crippen molar-refractivity contribution in [3.63, 3.8) is 0 Å². The molecule has 226 valence electrons. The third-order valence-corrected chi connectivity index (χ3v) is 14.4. The molecule has 6 rings (SSSR count). The number of carbonyl (C=O) groups is 2. The molecule has 7 nitrogen and oxygen atoms in total. The number of nitrogens with zero attached hydrogens (tertiary/aromatic N) is 2. The van der Waals surface area contributed by atoms with Gasteiger partial charge < -0.3 is 24.4 Å². The van der Waals surface area contributed by atoms with Crippen molar-refractivity contribution >= 4 is 36.4 Å². The number of hydrogen-bond donors (Lipinski definition) is 1. The summed E-state index contributed by atoms with van der Waals surface area (Å²) < 4.78 is 12.5. The van der Waals surface area contributed by atoms with Crippen LogP contribution < -0.4 is 19.7 Å². The Morgan fingerprint density at radius 3 is 2.44 bits per heavy atom. The Hall–Kier alpha value is -3.46. The number of carbonyl (C=O) groups excluding carboxylic acids is 2. The van der Waals surface area contributed by atoms with Crippen LogP contribution in [0.15, 0.2) is 72.8 Å². The number of piperidine rings is 1. The summed E-state index contributed by atoms with van der Waals surface area (Å²) in [5.41, 5.74) is 2.38. The van der Waals surface area contributed by atoms with Crippen molar-refractivity contribution < 1.29 is 24.2 Å². The molecule has 0 radical (unpaired) electrons. The van der Waals surface area contributed by atoms with E-state index in [4.69, 9.17) is 9.47 Å². The van der Waals surface area contributed by atoms with E-state index < -0.39 is 13.7 Å².